The summed E-state index contributed by atoms with van der Waals surface area (Å²) in [5.74, 6) is -0.322. The third-order valence-corrected chi connectivity index (χ3v) is 3.72. The molecule has 130 valence electrons. The van der Waals surface area contributed by atoms with Crippen molar-refractivity contribution in [2.45, 2.75) is 6.54 Å². The second-order valence-electron chi connectivity index (χ2n) is 5.50. The fraction of sp³-hybridized carbons (Fsp3) is 0.200. The lowest BCUT2D eigenvalue weighted by atomic mass is 10.1. The molecule has 2 aromatic rings. The molecule has 2 amide bonds. The predicted octanol–water partition coefficient (Wildman–Crippen LogP) is 2.08. The van der Waals surface area contributed by atoms with Gasteiger partial charge >= 0.3 is 0 Å². The van der Waals surface area contributed by atoms with Crippen molar-refractivity contribution >= 4 is 17.9 Å². The van der Waals surface area contributed by atoms with Crippen LogP contribution in [0.25, 0.3) is 6.08 Å². The van der Waals surface area contributed by atoms with Crippen molar-refractivity contribution in [2.75, 3.05) is 20.2 Å². The molecule has 0 radical (unpaired) electrons. The summed E-state index contributed by atoms with van der Waals surface area (Å²) in [5, 5.41) is 11.8. The smallest absolute Gasteiger partial charge is 0.251 e. The van der Waals surface area contributed by atoms with E-state index in [1.807, 2.05) is 30.3 Å². The molecule has 2 N–H and O–H groups in total. The number of hydrogen-bond acceptors (Lipinski definition) is 3. The molecule has 0 atom stereocenters. The van der Waals surface area contributed by atoms with Crippen LogP contribution in [-0.2, 0) is 11.3 Å². The first-order chi connectivity index (χ1) is 12.1. The molecule has 5 heteroatoms. The number of amides is 2. The number of nitrogens with zero attached hydrogens (tertiary/aromatic N) is 1. The van der Waals surface area contributed by atoms with Crippen LogP contribution in [0.2, 0.25) is 0 Å². The third-order valence-electron chi connectivity index (χ3n) is 3.72. The largest absolute Gasteiger partial charge is 0.395 e. The van der Waals surface area contributed by atoms with E-state index < -0.39 is 0 Å². The molecule has 0 heterocycles. The molecule has 0 saturated heterocycles. The number of carbonyl (C=O) groups excluding carboxylic acids is 2. The molecule has 0 bridgehead atoms. The highest BCUT2D eigenvalue weighted by Crippen LogP contribution is 2.09. The first-order valence-electron chi connectivity index (χ1n) is 8.08. The molecule has 0 saturated carbocycles. The van der Waals surface area contributed by atoms with Gasteiger partial charge in [-0.2, -0.15) is 0 Å². The van der Waals surface area contributed by atoms with Crippen molar-refractivity contribution < 1.29 is 14.7 Å². The van der Waals surface area contributed by atoms with Crippen LogP contribution in [0.15, 0.2) is 60.7 Å². The van der Waals surface area contributed by atoms with E-state index in [0.29, 0.717) is 12.1 Å². The van der Waals surface area contributed by atoms with E-state index in [4.69, 9.17) is 0 Å². The highest BCUT2D eigenvalue weighted by atomic mass is 16.3. The second-order valence-corrected chi connectivity index (χ2v) is 5.50. The Morgan fingerprint density at radius 1 is 1.08 bits per heavy atom. The second kappa shape index (κ2) is 9.39. The Morgan fingerprint density at radius 2 is 1.76 bits per heavy atom. The van der Waals surface area contributed by atoms with Gasteiger partial charge in [-0.05, 0) is 29.3 Å². The van der Waals surface area contributed by atoms with Crippen molar-refractivity contribution in [3.63, 3.8) is 0 Å². The molecule has 2 aromatic carbocycles. The minimum atomic E-state index is -0.173. The number of carbonyl (C=O) groups is 2. The van der Waals surface area contributed by atoms with Gasteiger partial charge in [-0.1, -0.05) is 42.5 Å². The lowest BCUT2D eigenvalue weighted by Crippen LogP contribution is -2.31. The molecule has 5 nitrogen and oxygen atoms in total. The Labute approximate surface area is 147 Å². The van der Waals surface area contributed by atoms with Gasteiger partial charge in [0.2, 0.25) is 5.91 Å². The number of nitrogens with one attached hydrogen (secondary N) is 1. The van der Waals surface area contributed by atoms with Crippen LogP contribution in [0.5, 0.6) is 0 Å². The van der Waals surface area contributed by atoms with E-state index in [1.165, 1.54) is 6.08 Å². The molecule has 0 unspecified atom stereocenters. The lowest BCUT2D eigenvalue weighted by molar-refractivity contribution is -0.127. The van der Waals surface area contributed by atoms with E-state index in [9.17, 15) is 14.7 Å². The molecular weight excluding hydrogens is 316 g/mol. The first kappa shape index (κ1) is 18.4. The molecule has 0 aromatic heterocycles. The molecule has 0 aliphatic rings. The van der Waals surface area contributed by atoms with E-state index in [0.717, 1.165) is 11.1 Å². The maximum Gasteiger partial charge on any atom is 0.251 e. The monoisotopic (exact) mass is 338 g/mol. The predicted molar refractivity (Wildman–Crippen MR) is 97.8 cm³/mol. The Bertz CT molecular complexity index is 724. The molecule has 0 aliphatic carbocycles. The Morgan fingerprint density at radius 3 is 2.36 bits per heavy atom. The average molecular weight is 338 g/mol. The topological polar surface area (TPSA) is 69.6 Å². The summed E-state index contributed by atoms with van der Waals surface area (Å²) in [6.45, 7) is 0.626. The van der Waals surface area contributed by atoms with Crippen LogP contribution in [0.3, 0.4) is 0 Å². The highest BCUT2D eigenvalue weighted by Gasteiger charge is 2.10. The van der Waals surface area contributed by atoms with Crippen molar-refractivity contribution in [1.29, 1.82) is 0 Å². The van der Waals surface area contributed by atoms with Gasteiger partial charge in [0, 0.05) is 31.8 Å². The summed E-state index contributed by atoms with van der Waals surface area (Å²) in [7, 11) is 1.58. The van der Waals surface area contributed by atoms with Gasteiger partial charge in [-0.15, -0.1) is 0 Å². The fourth-order valence-corrected chi connectivity index (χ4v) is 2.35. The molecule has 0 fully saturated rings. The highest BCUT2D eigenvalue weighted by molar-refractivity contribution is 5.94. The molecule has 2 rings (SSSR count). The number of aliphatic hydroxyl groups excluding tert-OH is 1. The van der Waals surface area contributed by atoms with Crippen LogP contribution in [0, 0.1) is 0 Å². The molecule has 25 heavy (non-hydrogen) atoms. The van der Waals surface area contributed by atoms with Crippen LogP contribution < -0.4 is 5.32 Å². The van der Waals surface area contributed by atoms with Gasteiger partial charge in [-0.3, -0.25) is 9.59 Å². The van der Waals surface area contributed by atoms with Crippen LogP contribution in [-0.4, -0.2) is 42.0 Å². The van der Waals surface area contributed by atoms with Crippen molar-refractivity contribution in [3.05, 3.63) is 77.4 Å². The van der Waals surface area contributed by atoms with Crippen molar-refractivity contribution in [1.82, 2.24) is 10.2 Å². The van der Waals surface area contributed by atoms with E-state index in [1.54, 1.807) is 42.3 Å². The third kappa shape index (κ3) is 5.58. The number of aliphatic hydroxyl groups is 1. The quantitative estimate of drug-likeness (QED) is 0.760. The summed E-state index contributed by atoms with van der Waals surface area (Å²) in [5.41, 5.74) is 2.40. The maximum atomic E-state index is 12.4. The number of rotatable bonds is 7. The van der Waals surface area contributed by atoms with Gasteiger partial charge in [0.1, 0.15) is 0 Å². The zero-order valence-corrected chi connectivity index (χ0v) is 14.2. The average Bonchev–Trinajstić information content (AvgIpc) is 2.66. The minimum absolute atomic E-state index is 0.0900. The molecule has 0 spiro atoms. The summed E-state index contributed by atoms with van der Waals surface area (Å²) in [6.07, 6.45) is 3.18. The number of hydrogen-bond donors (Lipinski definition) is 2. The zero-order valence-electron chi connectivity index (χ0n) is 14.2. The molecular formula is C20H22N2O3. The minimum Gasteiger partial charge on any atom is -0.395 e. The summed E-state index contributed by atoms with van der Waals surface area (Å²) < 4.78 is 0. The van der Waals surface area contributed by atoms with E-state index in [-0.39, 0.29) is 25.0 Å². The van der Waals surface area contributed by atoms with Crippen LogP contribution in [0.1, 0.15) is 21.5 Å². The van der Waals surface area contributed by atoms with Crippen molar-refractivity contribution in [2.24, 2.45) is 0 Å². The van der Waals surface area contributed by atoms with Gasteiger partial charge in [0.05, 0.1) is 6.61 Å². The summed E-state index contributed by atoms with van der Waals surface area (Å²) in [6, 6.07) is 16.6. The van der Waals surface area contributed by atoms with Gasteiger partial charge in [0.25, 0.3) is 5.91 Å². The fourth-order valence-electron chi connectivity index (χ4n) is 2.35. The Hall–Kier alpha value is -2.92. The van der Waals surface area contributed by atoms with Gasteiger partial charge < -0.3 is 15.3 Å². The molecule has 0 aliphatic heterocycles. The summed E-state index contributed by atoms with van der Waals surface area (Å²) in [4.78, 5) is 25.5. The van der Waals surface area contributed by atoms with Gasteiger partial charge in [0.15, 0.2) is 0 Å². The normalized spacial score (nSPS) is 10.6. The van der Waals surface area contributed by atoms with Crippen LogP contribution in [0.4, 0.5) is 0 Å². The number of benzene rings is 2. The van der Waals surface area contributed by atoms with Gasteiger partial charge in [-0.25, -0.2) is 0 Å². The SMILES string of the molecule is CNC(=O)c1ccc(/C=C/C(=O)N(CCO)Cc2ccccc2)cc1. The standard InChI is InChI=1S/C20H22N2O3/c1-21-20(25)18-10-7-16(8-11-18)9-12-19(24)22(13-14-23)15-17-5-3-2-4-6-17/h2-12,23H,13-15H2,1H3,(H,21,25)/b12-9+. The van der Waals surface area contributed by atoms with E-state index in [2.05, 4.69) is 5.32 Å². The van der Waals surface area contributed by atoms with Crippen molar-refractivity contribution in [3.8, 4) is 0 Å². The summed E-state index contributed by atoms with van der Waals surface area (Å²) >= 11 is 0. The maximum absolute atomic E-state index is 12.4. The lowest BCUT2D eigenvalue weighted by Gasteiger charge is -2.20. The first-order valence-corrected chi connectivity index (χ1v) is 8.08. The van der Waals surface area contributed by atoms with E-state index >= 15 is 0 Å². The Kier molecular flexibility index (Phi) is 6.92. The Balaban J connectivity index is 2.04. The van der Waals surface area contributed by atoms with Crippen LogP contribution >= 0.6 is 0 Å². The zero-order chi connectivity index (χ0) is 18.1.